The maximum Gasteiger partial charge on any atom is 0.333 e. The SMILES string of the molecule is C=C(C)C(=O)OCC.O=C(O)C=CC=Cc1ccccc1. The van der Waals surface area contributed by atoms with E-state index < -0.39 is 5.97 Å². The van der Waals surface area contributed by atoms with Crippen molar-refractivity contribution in [1.29, 1.82) is 0 Å². The van der Waals surface area contributed by atoms with Crippen LogP contribution in [-0.2, 0) is 14.3 Å². The molecule has 0 radical (unpaired) electrons. The summed E-state index contributed by atoms with van der Waals surface area (Å²) in [4.78, 5) is 20.5. The number of carboxylic acids is 1. The van der Waals surface area contributed by atoms with Crippen LogP contribution in [0.25, 0.3) is 6.08 Å². The van der Waals surface area contributed by atoms with Gasteiger partial charge in [0.25, 0.3) is 0 Å². The number of benzene rings is 1. The Morgan fingerprint density at radius 3 is 2.29 bits per heavy atom. The van der Waals surface area contributed by atoms with Gasteiger partial charge < -0.3 is 9.84 Å². The van der Waals surface area contributed by atoms with Crippen molar-refractivity contribution >= 4 is 18.0 Å². The Morgan fingerprint density at radius 2 is 1.86 bits per heavy atom. The maximum atomic E-state index is 10.4. The zero-order valence-electron chi connectivity index (χ0n) is 12.3. The Labute approximate surface area is 125 Å². The molecule has 4 heteroatoms. The maximum absolute atomic E-state index is 10.4. The molecule has 0 aromatic heterocycles. The summed E-state index contributed by atoms with van der Waals surface area (Å²) in [5, 5.41) is 8.29. The van der Waals surface area contributed by atoms with Gasteiger partial charge in [0.15, 0.2) is 0 Å². The van der Waals surface area contributed by atoms with Crippen LogP contribution in [0.15, 0.2) is 60.7 Å². The highest BCUT2D eigenvalue weighted by molar-refractivity contribution is 5.86. The Hall–Kier alpha value is -2.62. The fourth-order valence-corrected chi connectivity index (χ4v) is 1.12. The van der Waals surface area contributed by atoms with Gasteiger partial charge >= 0.3 is 11.9 Å². The summed E-state index contributed by atoms with van der Waals surface area (Å²) >= 11 is 0. The molecule has 1 aromatic rings. The summed E-state index contributed by atoms with van der Waals surface area (Å²) in [5.74, 6) is -1.25. The van der Waals surface area contributed by atoms with Crippen LogP contribution in [0.2, 0.25) is 0 Å². The number of carboxylic acid groups (broad SMARTS) is 1. The third-order valence-electron chi connectivity index (χ3n) is 2.06. The molecule has 21 heavy (non-hydrogen) atoms. The number of ether oxygens (including phenoxy) is 1. The number of aliphatic carboxylic acids is 1. The van der Waals surface area contributed by atoms with E-state index in [1.54, 1.807) is 19.9 Å². The highest BCUT2D eigenvalue weighted by Crippen LogP contribution is 2.00. The molecule has 0 aliphatic carbocycles. The standard InChI is InChI=1S/C11H10O2.C6H10O2/c12-11(13)9-5-4-8-10-6-2-1-3-7-10;1-4-8-6(7)5(2)3/h1-9H,(H,12,13);2,4H2,1,3H3. The van der Waals surface area contributed by atoms with Gasteiger partial charge in [0, 0.05) is 11.6 Å². The third kappa shape index (κ3) is 10.9. The van der Waals surface area contributed by atoms with E-state index in [0.717, 1.165) is 11.6 Å². The first-order valence-electron chi connectivity index (χ1n) is 6.42. The highest BCUT2D eigenvalue weighted by atomic mass is 16.5. The van der Waals surface area contributed by atoms with Crippen molar-refractivity contribution in [1.82, 2.24) is 0 Å². The second-order valence-corrected chi connectivity index (χ2v) is 3.97. The van der Waals surface area contributed by atoms with Gasteiger partial charge in [0.2, 0.25) is 0 Å². The van der Waals surface area contributed by atoms with Gasteiger partial charge in [-0.05, 0) is 19.4 Å². The van der Waals surface area contributed by atoms with E-state index >= 15 is 0 Å². The van der Waals surface area contributed by atoms with Gasteiger partial charge in [0.05, 0.1) is 6.61 Å². The number of esters is 1. The molecular weight excluding hydrogens is 268 g/mol. The lowest BCUT2D eigenvalue weighted by Gasteiger charge is -1.96. The fourth-order valence-electron chi connectivity index (χ4n) is 1.12. The molecule has 0 saturated carbocycles. The lowest BCUT2D eigenvalue weighted by atomic mass is 10.2. The van der Waals surface area contributed by atoms with Gasteiger partial charge in [-0.15, -0.1) is 0 Å². The van der Waals surface area contributed by atoms with Crippen molar-refractivity contribution in [3.05, 3.63) is 66.3 Å². The molecule has 4 nitrogen and oxygen atoms in total. The Bertz CT molecular complexity index is 513. The van der Waals surface area contributed by atoms with E-state index in [1.807, 2.05) is 36.4 Å². The van der Waals surface area contributed by atoms with E-state index in [2.05, 4.69) is 11.3 Å². The van der Waals surface area contributed by atoms with Crippen molar-refractivity contribution < 1.29 is 19.4 Å². The van der Waals surface area contributed by atoms with Crippen LogP contribution in [0.3, 0.4) is 0 Å². The van der Waals surface area contributed by atoms with Crippen LogP contribution in [-0.4, -0.2) is 23.7 Å². The Morgan fingerprint density at radius 1 is 1.24 bits per heavy atom. The number of hydrogen-bond donors (Lipinski definition) is 1. The minimum atomic E-state index is -0.933. The minimum absolute atomic E-state index is 0.312. The molecule has 0 fully saturated rings. The molecule has 1 rings (SSSR count). The molecule has 0 unspecified atom stereocenters. The molecule has 0 aliphatic heterocycles. The van der Waals surface area contributed by atoms with Gasteiger partial charge in [-0.1, -0.05) is 55.1 Å². The summed E-state index contributed by atoms with van der Waals surface area (Å²) < 4.78 is 4.56. The van der Waals surface area contributed by atoms with Crippen LogP contribution in [0.1, 0.15) is 19.4 Å². The molecule has 0 spiro atoms. The molecule has 1 N–H and O–H groups in total. The molecule has 0 saturated heterocycles. The molecule has 0 aliphatic rings. The van der Waals surface area contributed by atoms with E-state index in [1.165, 1.54) is 6.08 Å². The quantitative estimate of drug-likeness (QED) is 0.512. The summed E-state index contributed by atoms with van der Waals surface area (Å²) in [6.45, 7) is 7.21. The predicted octanol–water partition coefficient (Wildman–Crippen LogP) is 3.47. The number of allylic oxidation sites excluding steroid dienone is 2. The second-order valence-electron chi connectivity index (χ2n) is 3.97. The van der Waals surface area contributed by atoms with E-state index in [9.17, 15) is 9.59 Å². The summed E-state index contributed by atoms with van der Waals surface area (Å²) in [5.41, 5.74) is 1.50. The molecule has 0 heterocycles. The van der Waals surface area contributed by atoms with E-state index in [0.29, 0.717) is 12.2 Å². The fraction of sp³-hybridized carbons (Fsp3) is 0.176. The van der Waals surface area contributed by atoms with Crippen LogP contribution in [0.4, 0.5) is 0 Å². The molecule has 1 aromatic carbocycles. The zero-order chi connectivity index (χ0) is 16.1. The van der Waals surface area contributed by atoms with Crippen molar-refractivity contribution in [2.45, 2.75) is 13.8 Å². The topological polar surface area (TPSA) is 63.6 Å². The summed E-state index contributed by atoms with van der Waals surface area (Å²) in [6.07, 6.45) is 6.14. The van der Waals surface area contributed by atoms with Gasteiger partial charge in [0.1, 0.15) is 0 Å². The highest BCUT2D eigenvalue weighted by Gasteiger charge is 1.98. The summed E-state index contributed by atoms with van der Waals surface area (Å²) in [6, 6.07) is 9.70. The van der Waals surface area contributed by atoms with Crippen molar-refractivity contribution in [3.8, 4) is 0 Å². The van der Waals surface area contributed by atoms with Crippen LogP contribution in [0, 0.1) is 0 Å². The first-order valence-corrected chi connectivity index (χ1v) is 6.42. The van der Waals surface area contributed by atoms with Crippen molar-refractivity contribution in [3.63, 3.8) is 0 Å². The minimum Gasteiger partial charge on any atom is -0.478 e. The van der Waals surface area contributed by atoms with Crippen LogP contribution >= 0.6 is 0 Å². The Balaban J connectivity index is 0.000000433. The van der Waals surface area contributed by atoms with Crippen LogP contribution < -0.4 is 0 Å². The van der Waals surface area contributed by atoms with E-state index in [-0.39, 0.29) is 5.97 Å². The lowest BCUT2D eigenvalue weighted by Crippen LogP contribution is -2.03. The zero-order valence-corrected chi connectivity index (χ0v) is 12.3. The van der Waals surface area contributed by atoms with Crippen LogP contribution in [0.5, 0.6) is 0 Å². The second kappa shape index (κ2) is 11.2. The molecule has 0 amide bonds. The third-order valence-corrected chi connectivity index (χ3v) is 2.06. The van der Waals surface area contributed by atoms with Gasteiger partial charge in [-0.25, -0.2) is 9.59 Å². The first kappa shape index (κ1) is 18.4. The summed E-state index contributed by atoms with van der Waals surface area (Å²) in [7, 11) is 0. The number of carbonyl (C=O) groups is 2. The Kier molecular flexibility index (Phi) is 9.83. The average molecular weight is 288 g/mol. The number of rotatable bonds is 5. The first-order chi connectivity index (χ1) is 9.97. The largest absolute Gasteiger partial charge is 0.478 e. The number of hydrogen-bond acceptors (Lipinski definition) is 3. The monoisotopic (exact) mass is 288 g/mol. The van der Waals surface area contributed by atoms with Gasteiger partial charge in [-0.2, -0.15) is 0 Å². The van der Waals surface area contributed by atoms with E-state index in [4.69, 9.17) is 5.11 Å². The molecule has 112 valence electrons. The molecule has 0 bridgehead atoms. The lowest BCUT2D eigenvalue weighted by molar-refractivity contribution is -0.138. The smallest absolute Gasteiger partial charge is 0.333 e. The average Bonchev–Trinajstić information content (AvgIpc) is 2.45. The molecule has 0 atom stereocenters. The van der Waals surface area contributed by atoms with Gasteiger partial charge in [-0.3, -0.25) is 0 Å². The molecular formula is C17H20O4. The van der Waals surface area contributed by atoms with Crippen molar-refractivity contribution in [2.75, 3.05) is 6.61 Å². The predicted molar refractivity (Wildman–Crippen MR) is 83.7 cm³/mol. The van der Waals surface area contributed by atoms with Crippen molar-refractivity contribution in [2.24, 2.45) is 0 Å². The normalized spacial score (nSPS) is 10.0. The number of carbonyl (C=O) groups excluding carboxylic acids is 1.